The van der Waals surface area contributed by atoms with E-state index >= 15 is 0 Å². The highest BCUT2D eigenvalue weighted by Crippen LogP contribution is 2.18. The number of rotatable bonds is 5. The minimum absolute atomic E-state index is 0.119. The largest absolute Gasteiger partial charge is 0.265 e. The predicted octanol–water partition coefficient (Wildman–Crippen LogP) is 3.61. The van der Waals surface area contributed by atoms with E-state index in [9.17, 15) is 10.1 Å². The van der Waals surface area contributed by atoms with Gasteiger partial charge in [-0.2, -0.15) is 10.2 Å². The van der Waals surface area contributed by atoms with Crippen molar-refractivity contribution in [2.24, 2.45) is 10.2 Å². The SMILES string of the molecule is Cc1ccc([C@H](CN=NC(C)(C)C)C[N+](=O)[O-])cc1. The molecular formula is C14H21N3O2. The third-order valence-electron chi connectivity index (χ3n) is 2.59. The fourth-order valence-electron chi connectivity index (χ4n) is 1.64. The lowest BCUT2D eigenvalue weighted by molar-refractivity contribution is -0.483. The monoisotopic (exact) mass is 263 g/mol. The topological polar surface area (TPSA) is 67.9 Å². The molecule has 0 saturated heterocycles. The molecule has 0 saturated carbocycles. The van der Waals surface area contributed by atoms with E-state index in [1.54, 1.807) is 0 Å². The summed E-state index contributed by atoms with van der Waals surface area (Å²) in [7, 11) is 0. The van der Waals surface area contributed by atoms with E-state index in [4.69, 9.17) is 0 Å². The van der Waals surface area contributed by atoms with Gasteiger partial charge in [0.25, 0.3) is 0 Å². The Kier molecular flexibility index (Phi) is 5.15. The number of hydrogen-bond acceptors (Lipinski definition) is 4. The molecule has 5 heteroatoms. The molecule has 0 heterocycles. The number of nitrogens with zero attached hydrogens (tertiary/aromatic N) is 3. The molecule has 0 aliphatic rings. The smallest absolute Gasteiger partial charge is 0.212 e. The molecule has 5 nitrogen and oxygen atoms in total. The van der Waals surface area contributed by atoms with E-state index in [-0.39, 0.29) is 22.9 Å². The van der Waals surface area contributed by atoms with Crippen molar-refractivity contribution < 1.29 is 4.92 Å². The number of azo groups is 1. The molecule has 0 aromatic heterocycles. The minimum atomic E-state index is -0.295. The molecule has 19 heavy (non-hydrogen) atoms. The molecule has 0 N–H and O–H groups in total. The van der Waals surface area contributed by atoms with Crippen LogP contribution in [0.15, 0.2) is 34.5 Å². The zero-order chi connectivity index (χ0) is 14.5. The summed E-state index contributed by atoms with van der Waals surface area (Å²) in [6.45, 7) is 8.07. The number of hydrogen-bond donors (Lipinski definition) is 0. The summed E-state index contributed by atoms with van der Waals surface area (Å²) in [5, 5.41) is 19.0. The first-order valence-electron chi connectivity index (χ1n) is 6.35. The van der Waals surface area contributed by atoms with E-state index in [1.807, 2.05) is 52.0 Å². The summed E-state index contributed by atoms with van der Waals surface area (Å²) in [5.74, 6) is -0.221. The van der Waals surface area contributed by atoms with Crippen molar-refractivity contribution in [3.8, 4) is 0 Å². The third-order valence-corrected chi connectivity index (χ3v) is 2.59. The molecule has 104 valence electrons. The van der Waals surface area contributed by atoms with E-state index < -0.39 is 0 Å². The molecular weight excluding hydrogens is 242 g/mol. The summed E-state index contributed by atoms with van der Waals surface area (Å²) < 4.78 is 0. The lowest BCUT2D eigenvalue weighted by Crippen LogP contribution is -2.16. The van der Waals surface area contributed by atoms with Crippen LogP contribution in [0.3, 0.4) is 0 Å². The van der Waals surface area contributed by atoms with Crippen molar-refractivity contribution in [3.05, 3.63) is 45.5 Å². The Bertz CT molecular complexity index is 447. The maximum absolute atomic E-state index is 10.7. The van der Waals surface area contributed by atoms with Crippen LogP contribution >= 0.6 is 0 Å². The molecule has 0 amide bonds. The van der Waals surface area contributed by atoms with Gasteiger partial charge in [-0.25, -0.2) is 0 Å². The van der Waals surface area contributed by atoms with Crippen molar-refractivity contribution >= 4 is 0 Å². The van der Waals surface area contributed by atoms with E-state index in [0.717, 1.165) is 11.1 Å². The molecule has 0 aliphatic carbocycles. The van der Waals surface area contributed by atoms with Gasteiger partial charge in [-0.15, -0.1) is 0 Å². The zero-order valence-corrected chi connectivity index (χ0v) is 12.0. The average molecular weight is 263 g/mol. The van der Waals surface area contributed by atoms with Crippen LogP contribution in [-0.4, -0.2) is 23.6 Å². The Balaban J connectivity index is 2.80. The van der Waals surface area contributed by atoms with Crippen LogP contribution in [0.4, 0.5) is 0 Å². The molecule has 1 aromatic carbocycles. The fraction of sp³-hybridized carbons (Fsp3) is 0.571. The maximum Gasteiger partial charge on any atom is 0.212 e. The van der Waals surface area contributed by atoms with Gasteiger partial charge >= 0.3 is 0 Å². The second kappa shape index (κ2) is 6.41. The summed E-state index contributed by atoms with van der Waals surface area (Å²) in [6, 6.07) is 7.78. The first-order valence-corrected chi connectivity index (χ1v) is 6.35. The highest BCUT2D eigenvalue weighted by molar-refractivity contribution is 5.24. The van der Waals surface area contributed by atoms with E-state index in [0.29, 0.717) is 6.54 Å². The quantitative estimate of drug-likeness (QED) is 0.462. The Morgan fingerprint density at radius 2 is 1.84 bits per heavy atom. The lowest BCUT2D eigenvalue weighted by atomic mass is 9.98. The van der Waals surface area contributed by atoms with Crippen LogP contribution in [0.2, 0.25) is 0 Å². The van der Waals surface area contributed by atoms with Crippen LogP contribution in [0, 0.1) is 17.0 Å². The summed E-state index contributed by atoms with van der Waals surface area (Å²) >= 11 is 0. The van der Waals surface area contributed by atoms with Gasteiger partial charge in [0.2, 0.25) is 6.54 Å². The molecule has 0 radical (unpaired) electrons. The third kappa shape index (κ3) is 6.08. The van der Waals surface area contributed by atoms with Gasteiger partial charge in [0.05, 0.1) is 18.0 Å². The molecule has 0 bridgehead atoms. The molecule has 0 aliphatic heterocycles. The molecule has 0 fully saturated rings. The molecule has 1 rings (SSSR count). The number of nitro groups is 1. The highest BCUT2D eigenvalue weighted by Gasteiger charge is 2.18. The lowest BCUT2D eigenvalue weighted by Gasteiger charge is -2.13. The van der Waals surface area contributed by atoms with Gasteiger partial charge in [0.15, 0.2) is 0 Å². The van der Waals surface area contributed by atoms with Gasteiger partial charge in [0.1, 0.15) is 0 Å². The van der Waals surface area contributed by atoms with Crippen molar-refractivity contribution in [1.29, 1.82) is 0 Å². The van der Waals surface area contributed by atoms with Crippen LogP contribution in [0.1, 0.15) is 37.8 Å². The molecule has 1 atom stereocenters. The van der Waals surface area contributed by atoms with Gasteiger partial charge in [-0.1, -0.05) is 29.8 Å². The highest BCUT2D eigenvalue weighted by atomic mass is 16.6. The summed E-state index contributed by atoms with van der Waals surface area (Å²) in [4.78, 5) is 10.4. The Morgan fingerprint density at radius 3 is 2.32 bits per heavy atom. The fourth-order valence-corrected chi connectivity index (χ4v) is 1.64. The van der Waals surface area contributed by atoms with Crippen molar-refractivity contribution in [3.63, 3.8) is 0 Å². The van der Waals surface area contributed by atoms with Gasteiger partial charge < -0.3 is 0 Å². The Morgan fingerprint density at radius 1 is 1.26 bits per heavy atom. The van der Waals surface area contributed by atoms with Crippen molar-refractivity contribution in [2.75, 3.05) is 13.1 Å². The average Bonchev–Trinajstić information content (AvgIpc) is 2.26. The standard InChI is InChI=1S/C14H21N3O2/c1-11-5-7-12(8-6-11)13(10-17(18)19)9-15-16-14(2,3)4/h5-8,13H,9-10H2,1-4H3/t13-/m1/s1. The van der Waals surface area contributed by atoms with Crippen LogP contribution in [0.25, 0.3) is 0 Å². The van der Waals surface area contributed by atoms with Crippen molar-refractivity contribution in [2.45, 2.75) is 39.2 Å². The molecule has 0 spiro atoms. The van der Waals surface area contributed by atoms with Crippen LogP contribution in [0.5, 0.6) is 0 Å². The van der Waals surface area contributed by atoms with Crippen LogP contribution in [-0.2, 0) is 0 Å². The molecule has 1 aromatic rings. The summed E-state index contributed by atoms with van der Waals surface area (Å²) in [5.41, 5.74) is 1.84. The maximum atomic E-state index is 10.7. The number of aryl methyl sites for hydroxylation is 1. The zero-order valence-electron chi connectivity index (χ0n) is 12.0. The number of benzene rings is 1. The van der Waals surface area contributed by atoms with Gasteiger partial charge in [0, 0.05) is 4.92 Å². The van der Waals surface area contributed by atoms with E-state index in [1.165, 1.54) is 0 Å². The predicted molar refractivity (Wildman–Crippen MR) is 75.3 cm³/mol. The Labute approximate surface area is 113 Å². The summed E-state index contributed by atoms with van der Waals surface area (Å²) in [6.07, 6.45) is 0. The first-order chi connectivity index (χ1) is 8.78. The first kappa shape index (κ1) is 15.3. The second-order valence-corrected chi connectivity index (χ2v) is 5.72. The van der Waals surface area contributed by atoms with Crippen molar-refractivity contribution in [1.82, 2.24) is 0 Å². The second-order valence-electron chi connectivity index (χ2n) is 5.72. The Hall–Kier alpha value is -1.78. The normalized spacial score (nSPS) is 13.7. The van der Waals surface area contributed by atoms with Gasteiger partial charge in [-0.05, 0) is 33.3 Å². The van der Waals surface area contributed by atoms with E-state index in [2.05, 4.69) is 10.2 Å². The van der Waals surface area contributed by atoms with Crippen LogP contribution < -0.4 is 0 Å². The molecule has 0 unspecified atom stereocenters. The van der Waals surface area contributed by atoms with Gasteiger partial charge in [-0.3, -0.25) is 10.1 Å². The minimum Gasteiger partial charge on any atom is -0.265 e.